The van der Waals surface area contributed by atoms with Crippen LogP contribution in [0, 0.1) is 22.0 Å². The number of hydrogen-bond donors (Lipinski definition) is 0. The van der Waals surface area contributed by atoms with Gasteiger partial charge in [-0.25, -0.2) is 4.90 Å². The van der Waals surface area contributed by atoms with E-state index in [1.807, 2.05) is 60.7 Å². The standard InChI is InChI=1S/C39H24Cl2N2O5/c40-27-18-14-25(15-19-27)38-31(23-8-3-1-4-9-23)32(24-10-5-2-6-11-24)39(37(38)46,26-16-20-28(41)21-17-26)34-33(38)35(44)42(36(34)45)29-12-7-13-30(22-29)43(47)48/h1-22,33-34H/t33-,34+,38-,39-/m1/s1. The van der Waals surface area contributed by atoms with Crippen LogP contribution in [0.2, 0.25) is 10.0 Å². The summed E-state index contributed by atoms with van der Waals surface area (Å²) in [5.41, 5.74) is 0.278. The number of fused-ring (bicyclic) bond motifs is 5. The van der Waals surface area contributed by atoms with Gasteiger partial charge in [-0.15, -0.1) is 0 Å². The molecule has 2 fully saturated rings. The van der Waals surface area contributed by atoms with Gasteiger partial charge in [0.15, 0.2) is 5.78 Å². The second-order valence-corrected chi connectivity index (χ2v) is 13.1. The zero-order valence-corrected chi connectivity index (χ0v) is 26.6. The number of ketones is 1. The molecule has 1 saturated carbocycles. The van der Waals surface area contributed by atoms with Crippen molar-refractivity contribution in [3.63, 3.8) is 0 Å². The maximum Gasteiger partial charge on any atom is 0.271 e. The Morgan fingerprint density at radius 1 is 0.583 bits per heavy atom. The molecule has 1 saturated heterocycles. The first kappa shape index (κ1) is 30.0. The number of amides is 2. The van der Waals surface area contributed by atoms with Gasteiger partial charge in [0.05, 0.1) is 33.3 Å². The molecule has 0 unspecified atom stereocenters. The van der Waals surface area contributed by atoms with Crippen molar-refractivity contribution in [1.82, 2.24) is 0 Å². The van der Waals surface area contributed by atoms with Gasteiger partial charge < -0.3 is 0 Å². The highest BCUT2D eigenvalue weighted by Gasteiger charge is 2.82. The molecule has 9 heteroatoms. The summed E-state index contributed by atoms with van der Waals surface area (Å²) in [7, 11) is 0. The number of anilines is 1. The summed E-state index contributed by atoms with van der Waals surface area (Å²) in [6.07, 6.45) is 0. The molecule has 0 N–H and O–H groups in total. The molecule has 7 nitrogen and oxygen atoms in total. The van der Waals surface area contributed by atoms with Gasteiger partial charge in [-0.2, -0.15) is 0 Å². The number of non-ortho nitro benzene ring substituents is 1. The Hall–Kier alpha value is -5.37. The molecule has 0 radical (unpaired) electrons. The second-order valence-electron chi connectivity index (χ2n) is 12.2. The number of rotatable bonds is 6. The topological polar surface area (TPSA) is 97.6 Å². The van der Waals surface area contributed by atoms with Crippen molar-refractivity contribution >= 4 is 63.3 Å². The van der Waals surface area contributed by atoms with Crippen molar-refractivity contribution in [2.75, 3.05) is 4.90 Å². The lowest BCUT2D eigenvalue weighted by Crippen LogP contribution is -2.45. The predicted molar refractivity (Wildman–Crippen MR) is 184 cm³/mol. The highest BCUT2D eigenvalue weighted by molar-refractivity contribution is 6.39. The first-order chi connectivity index (χ1) is 23.2. The lowest BCUT2D eigenvalue weighted by molar-refractivity contribution is -0.384. The van der Waals surface area contributed by atoms with E-state index in [1.165, 1.54) is 24.3 Å². The van der Waals surface area contributed by atoms with Crippen LogP contribution in [0.15, 0.2) is 133 Å². The molecule has 48 heavy (non-hydrogen) atoms. The van der Waals surface area contributed by atoms with Crippen LogP contribution in [0.25, 0.3) is 11.1 Å². The number of carbonyl (C=O) groups excluding carboxylic acids is 3. The van der Waals surface area contributed by atoms with Gasteiger partial charge in [0.1, 0.15) is 0 Å². The average Bonchev–Trinajstić information content (AvgIpc) is 3.61. The van der Waals surface area contributed by atoms with E-state index in [0.29, 0.717) is 32.3 Å². The van der Waals surface area contributed by atoms with Crippen molar-refractivity contribution < 1.29 is 19.3 Å². The number of halogens is 2. The van der Waals surface area contributed by atoms with Crippen molar-refractivity contribution in [3.05, 3.63) is 176 Å². The highest BCUT2D eigenvalue weighted by Crippen LogP contribution is 2.74. The van der Waals surface area contributed by atoms with Crippen LogP contribution in [0.5, 0.6) is 0 Å². The number of carbonyl (C=O) groups is 3. The monoisotopic (exact) mass is 670 g/mol. The van der Waals surface area contributed by atoms with Gasteiger partial charge in [-0.3, -0.25) is 24.5 Å². The molecule has 8 rings (SSSR count). The predicted octanol–water partition coefficient (Wildman–Crippen LogP) is 8.09. The van der Waals surface area contributed by atoms with Crippen LogP contribution in [0.1, 0.15) is 22.3 Å². The van der Waals surface area contributed by atoms with Crippen molar-refractivity contribution in [3.8, 4) is 0 Å². The Kier molecular flexibility index (Phi) is 6.77. The third-order valence-corrected chi connectivity index (χ3v) is 10.5. The fourth-order valence-electron chi connectivity index (χ4n) is 8.36. The molecular weight excluding hydrogens is 647 g/mol. The smallest absolute Gasteiger partial charge is 0.271 e. The Morgan fingerprint density at radius 2 is 1.02 bits per heavy atom. The summed E-state index contributed by atoms with van der Waals surface area (Å²) in [5.74, 6) is -3.88. The number of benzene rings is 5. The number of allylic oxidation sites excluding steroid dienone is 2. The number of nitrogens with zero attached hydrogens (tertiary/aromatic N) is 2. The maximum atomic E-state index is 15.9. The minimum absolute atomic E-state index is 0.0699. The van der Waals surface area contributed by atoms with E-state index in [0.717, 1.165) is 16.0 Å². The normalized spacial score (nSPS) is 24.4. The maximum absolute atomic E-state index is 15.9. The first-order valence-electron chi connectivity index (χ1n) is 15.3. The number of imide groups is 1. The third-order valence-electron chi connectivity index (χ3n) is 10.0. The van der Waals surface area contributed by atoms with Crippen LogP contribution in [0.4, 0.5) is 11.4 Å². The lowest BCUT2D eigenvalue weighted by Gasteiger charge is -2.39. The third kappa shape index (κ3) is 3.86. The van der Waals surface area contributed by atoms with E-state index >= 15 is 14.4 Å². The zero-order valence-electron chi connectivity index (χ0n) is 25.0. The van der Waals surface area contributed by atoms with E-state index in [4.69, 9.17) is 23.2 Å². The van der Waals surface area contributed by atoms with Gasteiger partial charge in [0, 0.05) is 22.2 Å². The summed E-state index contributed by atoms with van der Waals surface area (Å²) < 4.78 is 0. The van der Waals surface area contributed by atoms with Crippen molar-refractivity contribution in [1.29, 1.82) is 0 Å². The largest absolute Gasteiger partial charge is 0.297 e. The number of Topliss-reactive ketones (excluding diaryl/α,β-unsaturated/α-hetero) is 1. The van der Waals surface area contributed by atoms with Crippen molar-refractivity contribution in [2.45, 2.75) is 10.8 Å². The summed E-state index contributed by atoms with van der Waals surface area (Å²) in [4.78, 5) is 58.2. The summed E-state index contributed by atoms with van der Waals surface area (Å²) in [6.45, 7) is 0. The van der Waals surface area contributed by atoms with E-state index in [2.05, 4.69) is 0 Å². The van der Waals surface area contributed by atoms with Gasteiger partial charge in [-0.1, -0.05) is 114 Å². The van der Waals surface area contributed by atoms with Crippen LogP contribution in [0.3, 0.4) is 0 Å². The van der Waals surface area contributed by atoms with Gasteiger partial charge in [0.25, 0.3) is 5.69 Å². The Bertz CT molecular complexity index is 2080. The molecule has 3 aliphatic rings. The molecule has 5 aromatic carbocycles. The SMILES string of the molecule is O=C1[C@@H]2[C@H](C(=O)N1c1cccc([N+](=O)[O-])c1)[C@]1(c3ccc(Cl)cc3)C(=O)[C@]2(c2ccc(Cl)cc2)C(c2ccccc2)=C1c1ccccc1. The second kappa shape index (κ2) is 10.8. The molecule has 234 valence electrons. The van der Waals surface area contributed by atoms with Gasteiger partial charge in [0.2, 0.25) is 11.8 Å². The van der Waals surface area contributed by atoms with Gasteiger partial charge in [-0.05, 0) is 63.7 Å². The minimum Gasteiger partial charge on any atom is -0.297 e. The summed E-state index contributed by atoms with van der Waals surface area (Å²) >= 11 is 12.8. The summed E-state index contributed by atoms with van der Waals surface area (Å²) in [6, 6.07) is 38.1. The van der Waals surface area contributed by atoms with Crippen LogP contribution in [-0.4, -0.2) is 22.5 Å². The average molecular weight is 672 g/mol. The van der Waals surface area contributed by atoms with Crippen LogP contribution >= 0.6 is 23.2 Å². The minimum atomic E-state index is -1.64. The Balaban J connectivity index is 1.54. The molecule has 2 aliphatic carbocycles. The highest BCUT2D eigenvalue weighted by atomic mass is 35.5. The molecule has 1 heterocycles. The van der Waals surface area contributed by atoms with E-state index in [9.17, 15) is 10.1 Å². The molecule has 0 aromatic heterocycles. The fraction of sp³-hybridized carbons (Fsp3) is 0.103. The van der Waals surface area contributed by atoms with Crippen molar-refractivity contribution in [2.24, 2.45) is 11.8 Å². The molecule has 2 amide bonds. The van der Waals surface area contributed by atoms with Gasteiger partial charge >= 0.3 is 0 Å². The fourth-order valence-corrected chi connectivity index (χ4v) is 8.61. The molecule has 5 aromatic rings. The first-order valence-corrected chi connectivity index (χ1v) is 16.0. The molecule has 4 atom stereocenters. The zero-order chi connectivity index (χ0) is 33.4. The number of nitro groups is 1. The Morgan fingerprint density at radius 3 is 1.44 bits per heavy atom. The van der Waals surface area contributed by atoms with E-state index in [1.54, 1.807) is 48.5 Å². The number of nitro benzene ring substituents is 1. The number of hydrogen-bond acceptors (Lipinski definition) is 5. The molecular formula is C39H24Cl2N2O5. The van der Waals surface area contributed by atoms with Crippen LogP contribution < -0.4 is 4.90 Å². The van der Waals surface area contributed by atoms with E-state index in [-0.39, 0.29) is 17.2 Å². The summed E-state index contributed by atoms with van der Waals surface area (Å²) in [5, 5.41) is 12.6. The Labute approximate surface area is 285 Å². The van der Waals surface area contributed by atoms with E-state index < -0.39 is 39.4 Å². The van der Waals surface area contributed by atoms with Crippen LogP contribution in [-0.2, 0) is 25.2 Å². The quantitative estimate of drug-likeness (QED) is 0.103. The lowest BCUT2D eigenvalue weighted by atomic mass is 9.59. The molecule has 0 spiro atoms. The molecule has 2 bridgehead atoms. The molecule has 1 aliphatic heterocycles.